The quantitative estimate of drug-likeness (QED) is 0.930. The third-order valence-corrected chi connectivity index (χ3v) is 3.62. The lowest BCUT2D eigenvalue weighted by Crippen LogP contribution is -2.23. The summed E-state index contributed by atoms with van der Waals surface area (Å²) in [6.45, 7) is 8.13. The highest BCUT2D eigenvalue weighted by Gasteiger charge is 2.20. The zero-order chi connectivity index (χ0) is 14.0. The Bertz CT molecular complexity index is 583. The molecule has 0 aliphatic rings. The van der Waals surface area contributed by atoms with Crippen LogP contribution in [0.15, 0.2) is 9.90 Å². The lowest BCUT2D eigenvalue weighted by molar-refractivity contribution is 0.0941. The molecule has 2 heterocycles. The summed E-state index contributed by atoms with van der Waals surface area (Å²) in [6, 6.07) is 0. The van der Waals surface area contributed by atoms with Gasteiger partial charge in [0, 0.05) is 10.8 Å². The minimum Gasteiger partial charge on any atom is -0.342 e. The van der Waals surface area contributed by atoms with Crippen molar-refractivity contribution in [1.29, 1.82) is 0 Å². The van der Waals surface area contributed by atoms with E-state index in [9.17, 15) is 4.79 Å². The van der Waals surface area contributed by atoms with E-state index in [1.54, 1.807) is 12.3 Å². The van der Waals surface area contributed by atoms with E-state index in [2.05, 4.69) is 41.2 Å². The molecule has 0 atom stereocenters. The largest absolute Gasteiger partial charge is 0.342 e. The highest BCUT2D eigenvalue weighted by molar-refractivity contribution is 7.10. The molecule has 0 saturated carbocycles. The van der Waals surface area contributed by atoms with Crippen molar-refractivity contribution in [2.24, 2.45) is 0 Å². The second kappa shape index (κ2) is 5.08. The van der Waals surface area contributed by atoms with E-state index in [0.29, 0.717) is 17.4 Å². The molecule has 0 spiro atoms. The summed E-state index contributed by atoms with van der Waals surface area (Å²) in [5.74, 6) is 0.702. The molecular weight excluding hydrogens is 264 g/mol. The third-order valence-electron chi connectivity index (χ3n) is 2.35. The molecule has 6 nitrogen and oxygen atoms in total. The smallest absolute Gasteiger partial charge is 0.271 e. The first-order chi connectivity index (χ1) is 8.86. The van der Waals surface area contributed by atoms with Gasteiger partial charge < -0.3 is 9.84 Å². The Labute approximate surface area is 115 Å². The van der Waals surface area contributed by atoms with Gasteiger partial charge in [-0.1, -0.05) is 25.9 Å². The molecule has 2 aromatic heterocycles. The average Bonchev–Trinajstić information content (AvgIpc) is 2.93. The van der Waals surface area contributed by atoms with E-state index >= 15 is 0 Å². The van der Waals surface area contributed by atoms with Crippen LogP contribution < -0.4 is 5.32 Å². The van der Waals surface area contributed by atoms with Gasteiger partial charge in [0.1, 0.15) is 5.69 Å². The van der Waals surface area contributed by atoms with Gasteiger partial charge in [-0.05, 0) is 6.92 Å². The molecule has 0 aromatic carbocycles. The Morgan fingerprint density at radius 2 is 2.16 bits per heavy atom. The molecule has 1 amide bonds. The Hall–Kier alpha value is -1.76. The standard InChI is InChI=1S/C12H16N4O2S/c1-7-14-9(18-16-7)5-13-10(17)8-6-19-11(15-8)12(2,3)4/h6H,5H2,1-4H3,(H,13,17). The van der Waals surface area contributed by atoms with Crippen molar-refractivity contribution in [3.63, 3.8) is 0 Å². The Morgan fingerprint density at radius 1 is 1.42 bits per heavy atom. The zero-order valence-electron chi connectivity index (χ0n) is 11.4. The maximum atomic E-state index is 11.9. The topological polar surface area (TPSA) is 80.9 Å². The van der Waals surface area contributed by atoms with Gasteiger partial charge >= 0.3 is 0 Å². The number of nitrogens with one attached hydrogen (secondary N) is 1. The van der Waals surface area contributed by atoms with Crippen LogP contribution in [0.1, 0.15) is 48.0 Å². The Kier molecular flexibility index (Phi) is 3.66. The SMILES string of the molecule is Cc1noc(CNC(=O)c2csc(C(C)(C)C)n2)n1. The van der Waals surface area contributed by atoms with Crippen molar-refractivity contribution in [2.45, 2.75) is 39.7 Å². The molecule has 0 saturated heterocycles. The fourth-order valence-corrected chi connectivity index (χ4v) is 2.27. The maximum Gasteiger partial charge on any atom is 0.271 e. The van der Waals surface area contributed by atoms with E-state index < -0.39 is 0 Å². The predicted octanol–water partition coefficient (Wildman–Crippen LogP) is 2.06. The normalized spacial score (nSPS) is 11.6. The number of aromatic nitrogens is 3. The fraction of sp³-hybridized carbons (Fsp3) is 0.500. The Morgan fingerprint density at radius 3 is 2.68 bits per heavy atom. The number of thiazole rings is 1. The molecule has 19 heavy (non-hydrogen) atoms. The molecular formula is C12H16N4O2S. The van der Waals surface area contributed by atoms with Gasteiger partial charge in [-0.25, -0.2) is 4.98 Å². The van der Waals surface area contributed by atoms with Crippen LogP contribution in [0, 0.1) is 6.92 Å². The van der Waals surface area contributed by atoms with E-state index in [1.165, 1.54) is 11.3 Å². The summed E-state index contributed by atoms with van der Waals surface area (Å²) in [5.41, 5.74) is 0.374. The number of aryl methyl sites for hydroxylation is 1. The van der Waals surface area contributed by atoms with E-state index in [0.717, 1.165) is 5.01 Å². The molecule has 0 unspecified atom stereocenters. The number of amides is 1. The monoisotopic (exact) mass is 280 g/mol. The number of nitrogens with zero attached hydrogens (tertiary/aromatic N) is 3. The summed E-state index contributed by atoms with van der Waals surface area (Å²) in [5, 5.41) is 9.05. The van der Waals surface area contributed by atoms with E-state index in [4.69, 9.17) is 4.52 Å². The van der Waals surface area contributed by atoms with Crippen molar-refractivity contribution in [1.82, 2.24) is 20.4 Å². The molecule has 0 aliphatic carbocycles. The fourth-order valence-electron chi connectivity index (χ4n) is 1.38. The van der Waals surface area contributed by atoms with Crippen molar-refractivity contribution in [2.75, 3.05) is 0 Å². The maximum absolute atomic E-state index is 11.9. The zero-order valence-corrected chi connectivity index (χ0v) is 12.2. The van der Waals surface area contributed by atoms with Crippen molar-refractivity contribution in [3.05, 3.63) is 27.8 Å². The second-order valence-corrected chi connectivity index (χ2v) is 6.06. The summed E-state index contributed by atoms with van der Waals surface area (Å²) >= 11 is 1.49. The number of carbonyl (C=O) groups excluding carboxylic acids is 1. The van der Waals surface area contributed by atoms with Crippen LogP contribution in [0.25, 0.3) is 0 Å². The van der Waals surface area contributed by atoms with E-state index in [-0.39, 0.29) is 17.9 Å². The summed E-state index contributed by atoms with van der Waals surface area (Å²) in [4.78, 5) is 20.3. The molecule has 0 bridgehead atoms. The lowest BCUT2D eigenvalue weighted by atomic mass is 9.98. The van der Waals surface area contributed by atoms with Crippen LogP contribution in [0.2, 0.25) is 0 Å². The predicted molar refractivity (Wildman–Crippen MR) is 71.0 cm³/mol. The second-order valence-electron chi connectivity index (χ2n) is 5.21. The molecule has 2 rings (SSSR count). The van der Waals surface area contributed by atoms with Crippen LogP contribution in [0.4, 0.5) is 0 Å². The summed E-state index contributed by atoms with van der Waals surface area (Å²) in [6.07, 6.45) is 0. The first-order valence-electron chi connectivity index (χ1n) is 5.89. The first kappa shape index (κ1) is 13.7. The van der Waals surface area contributed by atoms with Crippen LogP contribution in [-0.2, 0) is 12.0 Å². The third kappa shape index (κ3) is 3.37. The number of hydrogen-bond donors (Lipinski definition) is 1. The summed E-state index contributed by atoms with van der Waals surface area (Å²) < 4.78 is 4.92. The molecule has 7 heteroatoms. The molecule has 102 valence electrons. The van der Waals surface area contributed by atoms with Gasteiger partial charge in [0.05, 0.1) is 11.6 Å². The van der Waals surface area contributed by atoms with Gasteiger partial charge in [0.2, 0.25) is 5.89 Å². The summed E-state index contributed by atoms with van der Waals surface area (Å²) in [7, 11) is 0. The van der Waals surface area contributed by atoms with Crippen molar-refractivity contribution in [3.8, 4) is 0 Å². The van der Waals surface area contributed by atoms with Crippen LogP contribution in [0.3, 0.4) is 0 Å². The van der Waals surface area contributed by atoms with Crippen molar-refractivity contribution < 1.29 is 9.32 Å². The molecule has 0 fully saturated rings. The molecule has 1 N–H and O–H groups in total. The molecule has 2 aromatic rings. The lowest BCUT2D eigenvalue weighted by Gasteiger charge is -2.13. The molecule has 0 radical (unpaired) electrons. The minimum atomic E-state index is -0.234. The van der Waals surface area contributed by atoms with Crippen molar-refractivity contribution >= 4 is 17.2 Å². The number of rotatable bonds is 3. The highest BCUT2D eigenvalue weighted by atomic mass is 32.1. The van der Waals surface area contributed by atoms with Gasteiger partial charge in [0.25, 0.3) is 5.91 Å². The van der Waals surface area contributed by atoms with Gasteiger partial charge in [-0.2, -0.15) is 4.98 Å². The first-order valence-corrected chi connectivity index (χ1v) is 6.77. The molecule has 0 aliphatic heterocycles. The number of carbonyl (C=O) groups is 1. The van der Waals surface area contributed by atoms with Crippen LogP contribution >= 0.6 is 11.3 Å². The van der Waals surface area contributed by atoms with Gasteiger partial charge in [-0.3, -0.25) is 4.79 Å². The van der Waals surface area contributed by atoms with E-state index in [1.807, 2.05) is 0 Å². The van der Waals surface area contributed by atoms with Crippen LogP contribution in [0.5, 0.6) is 0 Å². The van der Waals surface area contributed by atoms with Gasteiger partial charge in [0.15, 0.2) is 5.82 Å². The van der Waals surface area contributed by atoms with Crippen LogP contribution in [-0.4, -0.2) is 21.0 Å². The average molecular weight is 280 g/mol. The number of hydrogen-bond acceptors (Lipinski definition) is 6. The Balaban J connectivity index is 1.98. The highest BCUT2D eigenvalue weighted by Crippen LogP contribution is 2.25. The minimum absolute atomic E-state index is 0.0488. The van der Waals surface area contributed by atoms with Gasteiger partial charge in [-0.15, -0.1) is 11.3 Å².